The Bertz CT molecular complexity index is 413. The van der Waals surface area contributed by atoms with Crippen molar-refractivity contribution < 1.29 is 9.90 Å². The molecule has 0 aromatic heterocycles. The number of benzene rings is 1. The van der Waals surface area contributed by atoms with Gasteiger partial charge in [-0.25, -0.2) is 0 Å². The molecule has 4 N–H and O–H groups in total. The molecule has 1 aliphatic carbocycles. The summed E-state index contributed by atoms with van der Waals surface area (Å²) >= 11 is 0. The van der Waals surface area contributed by atoms with Crippen LogP contribution >= 0.6 is 0 Å². The van der Waals surface area contributed by atoms with Gasteiger partial charge in [0.1, 0.15) is 6.04 Å². The SMILES string of the molecule is N[C@H](C(=O)NCC1(CO)CCCC1)c1ccccc1. The first-order chi connectivity index (χ1) is 9.17. The van der Waals surface area contributed by atoms with Crippen molar-refractivity contribution in [2.45, 2.75) is 31.7 Å². The van der Waals surface area contributed by atoms with E-state index in [-0.39, 0.29) is 17.9 Å². The van der Waals surface area contributed by atoms with Crippen LogP contribution in [-0.4, -0.2) is 24.2 Å². The fourth-order valence-corrected chi connectivity index (χ4v) is 2.71. The number of hydrogen-bond acceptors (Lipinski definition) is 3. The summed E-state index contributed by atoms with van der Waals surface area (Å²) < 4.78 is 0. The second-order valence-corrected chi connectivity index (χ2v) is 5.47. The van der Waals surface area contributed by atoms with Gasteiger partial charge in [-0.05, 0) is 18.4 Å². The predicted octanol–water partition coefficient (Wildman–Crippen LogP) is 1.36. The van der Waals surface area contributed by atoms with Crippen LogP contribution in [-0.2, 0) is 4.79 Å². The molecule has 0 unspecified atom stereocenters. The van der Waals surface area contributed by atoms with E-state index in [9.17, 15) is 9.90 Å². The summed E-state index contributed by atoms with van der Waals surface area (Å²) in [6.07, 6.45) is 4.21. The number of hydrogen-bond donors (Lipinski definition) is 3. The van der Waals surface area contributed by atoms with Crippen LogP contribution in [0.2, 0.25) is 0 Å². The van der Waals surface area contributed by atoms with E-state index >= 15 is 0 Å². The molecule has 0 saturated heterocycles. The molecule has 0 bridgehead atoms. The van der Waals surface area contributed by atoms with Gasteiger partial charge in [0.15, 0.2) is 0 Å². The lowest BCUT2D eigenvalue weighted by Crippen LogP contribution is -2.42. The minimum atomic E-state index is -0.640. The quantitative estimate of drug-likeness (QED) is 0.750. The number of nitrogens with two attached hydrogens (primary N) is 1. The molecule has 1 atom stereocenters. The molecular weight excluding hydrogens is 240 g/mol. The van der Waals surface area contributed by atoms with Gasteiger partial charge in [0.25, 0.3) is 0 Å². The molecule has 1 saturated carbocycles. The van der Waals surface area contributed by atoms with Crippen LogP contribution in [0.15, 0.2) is 30.3 Å². The Balaban J connectivity index is 1.91. The van der Waals surface area contributed by atoms with Crippen molar-refractivity contribution in [3.8, 4) is 0 Å². The number of rotatable bonds is 5. The van der Waals surface area contributed by atoms with Gasteiger partial charge < -0.3 is 16.2 Å². The van der Waals surface area contributed by atoms with Crippen LogP contribution in [0.4, 0.5) is 0 Å². The van der Waals surface area contributed by atoms with E-state index in [1.807, 2.05) is 30.3 Å². The Morgan fingerprint density at radius 3 is 2.53 bits per heavy atom. The first kappa shape index (κ1) is 14.0. The van der Waals surface area contributed by atoms with Gasteiger partial charge in [-0.3, -0.25) is 4.79 Å². The van der Waals surface area contributed by atoms with E-state index in [1.54, 1.807) is 0 Å². The Kier molecular flexibility index (Phi) is 4.56. The van der Waals surface area contributed by atoms with E-state index in [0.717, 1.165) is 31.2 Å². The average Bonchev–Trinajstić information content (AvgIpc) is 2.94. The van der Waals surface area contributed by atoms with E-state index in [4.69, 9.17) is 5.73 Å². The fourth-order valence-electron chi connectivity index (χ4n) is 2.71. The van der Waals surface area contributed by atoms with Gasteiger partial charge in [-0.2, -0.15) is 0 Å². The summed E-state index contributed by atoms with van der Waals surface area (Å²) in [6, 6.07) is 8.69. The summed E-state index contributed by atoms with van der Waals surface area (Å²) in [5, 5.41) is 12.4. The van der Waals surface area contributed by atoms with Gasteiger partial charge in [-0.1, -0.05) is 43.2 Å². The third kappa shape index (κ3) is 3.33. The highest BCUT2D eigenvalue weighted by Gasteiger charge is 2.33. The van der Waals surface area contributed by atoms with Gasteiger partial charge in [0, 0.05) is 12.0 Å². The predicted molar refractivity (Wildman–Crippen MR) is 74.4 cm³/mol. The van der Waals surface area contributed by atoms with E-state index < -0.39 is 6.04 Å². The first-order valence-corrected chi connectivity index (χ1v) is 6.86. The molecule has 1 aliphatic rings. The molecule has 0 heterocycles. The number of aliphatic hydroxyl groups is 1. The lowest BCUT2D eigenvalue weighted by Gasteiger charge is -2.27. The molecule has 1 aromatic carbocycles. The average molecular weight is 262 g/mol. The monoisotopic (exact) mass is 262 g/mol. The number of amides is 1. The zero-order chi connectivity index (χ0) is 13.7. The highest BCUT2D eigenvalue weighted by molar-refractivity contribution is 5.82. The molecule has 1 fully saturated rings. The number of carbonyl (C=O) groups is 1. The molecule has 104 valence electrons. The Morgan fingerprint density at radius 1 is 1.32 bits per heavy atom. The second-order valence-electron chi connectivity index (χ2n) is 5.47. The van der Waals surface area contributed by atoms with Crippen molar-refractivity contribution in [3.63, 3.8) is 0 Å². The number of aliphatic hydroxyl groups excluding tert-OH is 1. The van der Waals surface area contributed by atoms with Crippen molar-refractivity contribution in [3.05, 3.63) is 35.9 Å². The summed E-state index contributed by atoms with van der Waals surface area (Å²) in [5.74, 6) is -0.175. The van der Waals surface area contributed by atoms with Gasteiger partial charge in [-0.15, -0.1) is 0 Å². The van der Waals surface area contributed by atoms with Gasteiger partial charge in [0.2, 0.25) is 5.91 Å². The Hall–Kier alpha value is -1.39. The maximum Gasteiger partial charge on any atom is 0.241 e. The van der Waals surface area contributed by atoms with Crippen molar-refractivity contribution >= 4 is 5.91 Å². The minimum absolute atomic E-state index is 0.133. The van der Waals surface area contributed by atoms with Crippen molar-refractivity contribution in [2.75, 3.05) is 13.2 Å². The molecule has 0 radical (unpaired) electrons. The molecule has 1 aromatic rings. The van der Waals surface area contributed by atoms with Crippen LogP contribution in [0.5, 0.6) is 0 Å². The van der Waals surface area contributed by atoms with Crippen LogP contribution < -0.4 is 11.1 Å². The van der Waals surface area contributed by atoms with Crippen molar-refractivity contribution in [2.24, 2.45) is 11.1 Å². The third-order valence-corrected chi connectivity index (χ3v) is 4.08. The smallest absolute Gasteiger partial charge is 0.241 e. The van der Waals surface area contributed by atoms with Crippen molar-refractivity contribution in [1.29, 1.82) is 0 Å². The third-order valence-electron chi connectivity index (χ3n) is 4.08. The van der Waals surface area contributed by atoms with Crippen LogP contribution in [0.3, 0.4) is 0 Å². The molecule has 2 rings (SSSR count). The first-order valence-electron chi connectivity index (χ1n) is 6.86. The maximum absolute atomic E-state index is 12.0. The lowest BCUT2D eigenvalue weighted by molar-refractivity contribution is -0.123. The lowest BCUT2D eigenvalue weighted by atomic mass is 9.87. The zero-order valence-corrected chi connectivity index (χ0v) is 11.1. The zero-order valence-electron chi connectivity index (χ0n) is 11.1. The Labute approximate surface area is 114 Å². The highest BCUT2D eigenvalue weighted by Crippen LogP contribution is 2.36. The van der Waals surface area contributed by atoms with Crippen LogP contribution in [0, 0.1) is 5.41 Å². The topological polar surface area (TPSA) is 75.4 Å². The molecule has 1 amide bonds. The standard InChI is InChI=1S/C15H22N2O2/c16-13(12-6-2-1-3-7-12)14(19)17-10-15(11-18)8-4-5-9-15/h1-3,6-7,13,18H,4-5,8-11,16H2,(H,17,19)/t13-/m0/s1. The second kappa shape index (κ2) is 6.17. The summed E-state index contributed by atoms with van der Waals surface area (Å²) in [4.78, 5) is 12.0. The van der Waals surface area contributed by atoms with E-state index in [0.29, 0.717) is 6.54 Å². The van der Waals surface area contributed by atoms with Crippen molar-refractivity contribution in [1.82, 2.24) is 5.32 Å². The fraction of sp³-hybridized carbons (Fsp3) is 0.533. The largest absolute Gasteiger partial charge is 0.396 e. The summed E-state index contributed by atoms with van der Waals surface area (Å²) in [7, 11) is 0. The minimum Gasteiger partial charge on any atom is -0.396 e. The molecular formula is C15H22N2O2. The number of carbonyl (C=O) groups excluding carboxylic acids is 1. The molecule has 0 spiro atoms. The highest BCUT2D eigenvalue weighted by atomic mass is 16.3. The molecule has 4 nitrogen and oxygen atoms in total. The summed E-state index contributed by atoms with van der Waals surface area (Å²) in [6.45, 7) is 0.650. The van der Waals surface area contributed by atoms with E-state index in [1.165, 1.54) is 0 Å². The van der Waals surface area contributed by atoms with Gasteiger partial charge >= 0.3 is 0 Å². The Morgan fingerprint density at radius 2 is 1.95 bits per heavy atom. The van der Waals surface area contributed by atoms with E-state index in [2.05, 4.69) is 5.32 Å². The van der Waals surface area contributed by atoms with Gasteiger partial charge in [0.05, 0.1) is 6.61 Å². The maximum atomic E-state index is 12.0. The van der Waals surface area contributed by atoms with Crippen LogP contribution in [0.1, 0.15) is 37.3 Å². The molecule has 0 aliphatic heterocycles. The number of nitrogens with one attached hydrogen (secondary N) is 1. The summed E-state index contributed by atoms with van der Waals surface area (Å²) in [5.41, 5.74) is 6.61. The normalized spacial score (nSPS) is 19.1. The van der Waals surface area contributed by atoms with Crippen LogP contribution in [0.25, 0.3) is 0 Å². The molecule has 19 heavy (non-hydrogen) atoms. The molecule has 4 heteroatoms.